The van der Waals surface area contributed by atoms with E-state index in [1.54, 1.807) is 21.3 Å². The Kier molecular flexibility index (Phi) is 7.57. The lowest BCUT2D eigenvalue weighted by molar-refractivity contribution is 0.287. The predicted octanol–water partition coefficient (Wildman–Crippen LogP) is 3.76. The Labute approximate surface area is 160 Å². The molecule has 0 amide bonds. The Morgan fingerprint density at radius 1 is 0.962 bits per heavy atom. The Morgan fingerprint density at radius 3 is 2.23 bits per heavy atom. The molecular formula is C20H27ClN2O3. The van der Waals surface area contributed by atoms with E-state index in [9.17, 15) is 0 Å². The summed E-state index contributed by atoms with van der Waals surface area (Å²) in [6.07, 6.45) is 0. The number of likely N-dealkylation sites (N-methyl/N-ethyl adjacent to an activating group) is 1. The summed E-state index contributed by atoms with van der Waals surface area (Å²) >= 11 is 6.37. The fraction of sp³-hybridized carbons (Fsp3) is 0.400. The number of halogens is 1. The second kappa shape index (κ2) is 9.67. The molecule has 0 spiro atoms. The highest BCUT2D eigenvalue weighted by atomic mass is 35.5. The van der Waals surface area contributed by atoms with Crippen LogP contribution in [0.4, 0.5) is 0 Å². The van der Waals surface area contributed by atoms with Gasteiger partial charge in [-0.2, -0.15) is 0 Å². The largest absolute Gasteiger partial charge is 0.493 e. The third-order valence-corrected chi connectivity index (χ3v) is 4.67. The van der Waals surface area contributed by atoms with Gasteiger partial charge in [-0.1, -0.05) is 35.9 Å². The summed E-state index contributed by atoms with van der Waals surface area (Å²) < 4.78 is 16.3. The summed E-state index contributed by atoms with van der Waals surface area (Å²) in [7, 11) is 8.95. The number of benzene rings is 2. The predicted molar refractivity (Wildman–Crippen MR) is 106 cm³/mol. The van der Waals surface area contributed by atoms with Crippen molar-refractivity contribution in [2.45, 2.75) is 12.6 Å². The number of rotatable bonds is 9. The van der Waals surface area contributed by atoms with Crippen LogP contribution in [-0.2, 0) is 6.54 Å². The van der Waals surface area contributed by atoms with Crippen molar-refractivity contribution in [1.82, 2.24) is 10.2 Å². The molecule has 0 aromatic heterocycles. The molecule has 1 atom stereocenters. The van der Waals surface area contributed by atoms with Crippen LogP contribution in [0.2, 0.25) is 5.02 Å². The smallest absolute Gasteiger partial charge is 0.203 e. The van der Waals surface area contributed by atoms with E-state index in [4.69, 9.17) is 25.8 Å². The van der Waals surface area contributed by atoms with Crippen molar-refractivity contribution in [3.05, 3.63) is 52.5 Å². The van der Waals surface area contributed by atoms with Gasteiger partial charge in [-0.3, -0.25) is 0 Å². The van der Waals surface area contributed by atoms with Gasteiger partial charge in [0.1, 0.15) is 0 Å². The van der Waals surface area contributed by atoms with Crippen LogP contribution in [0.25, 0.3) is 0 Å². The number of nitrogens with zero attached hydrogens (tertiary/aromatic N) is 1. The van der Waals surface area contributed by atoms with Crippen LogP contribution in [0.15, 0.2) is 36.4 Å². The van der Waals surface area contributed by atoms with Crippen LogP contribution in [0.5, 0.6) is 17.2 Å². The van der Waals surface area contributed by atoms with Gasteiger partial charge in [0.05, 0.1) is 21.3 Å². The monoisotopic (exact) mass is 378 g/mol. The lowest BCUT2D eigenvalue weighted by Gasteiger charge is -2.26. The first-order valence-electron chi connectivity index (χ1n) is 8.42. The average molecular weight is 379 g/mol. The van der Waals surface area contributed by atoms with E-state index in [0.29, 0.717) is 23.8 Å². The number of hydrogen-bond donors (Lipinski definition) is 1. The third kappa shape index (κ3) is 4.61. The summed E-state index contributed by atoms with van der Waals surface area (Å²) in [5.41, 5.74) is 2.10. The van der Waals surface area contributed by atoms with Crippen molar-refractivity contribution >= 4 is 11.6 Å². The van der Waals surface area contributed by atoms with Gasteiger partial charge < -0.3 is 24.4 Å². The molecule has 0 fully saturated rings. The van der Waals surface area contributed by atoms with Gasteiger partial charge in [0, 0.05) is 29.7 Å². The molecule has 0 aliphatic carbocycles. The van der Waals surface area contributed by atoms with Crippen LogP contribution >= 0.6 is 11.6 Å². The van der Waals surface area contributed by atoms with E-state index in [2.05, 4.69) is 16.3 Å². The molecule has 0 aliphatic heterocycles. The Balaban J connectivity index is 2.14. The number of nitrogens with one attached hydrogen (secondary N) is 1. The van der Waals surface area contributed by atoms with Gasteiger partial charge in [0.2, 0.25) is 5.75 Å². The molecule has 2 aromatic rings. The van der Waals surface area contributed by atoms with Crippen molar-refractivity contribution in [1.29, 1.82) is 0 Å². The molecule has 6 heteroatoms. The Hall–Kier alpha value is -1.95. The van der Waals surface area contributed by atoms with E-state index < -0.39 is 0 Å². The lowest BCUT2D eigenvalue weighted by Crippen LogP contribution is -2.31. The first-order valence-corrected chi connectivity index (χ1v) is 8.80. The summed E-state index contributed by atoms with van der Waals surface area (Å²) in [6.45, 7) is 1.38. The molecule has 2 aromatic carbocycles. The molecule has 142 valence electrons. The van der Waals surface area contributed by atoms with Crippen LogP contribution < -0.4 is 19.5 Å². The maximum atomic E-state index is 6.37. The summed E-state index contributed by atoms with van der Waals surface area (Å²) in [6, 6.07) is 12.0. The minimum absolute atomic E-state index is 0.162. The molecule has 1 unspecified atom stereocenters. The summed E-state index contributed by atoms with van der Waals surface area (Å²) in [4.78, 5) is 2.15. The zero-order valence-electron chi connectivity index (χ0n) is 16.0. The number of ether oxygens (including phenoxy) is 3. The minimum Gasteiger partial charge on any atom is -0.493 e. The Morgan fingerprint density at radius 2 is 1.65 bits per heavy atom. The topological polar surface area (TPSA) is 43.0 Å². The molecule has 0 saturated carbocycles. The Bertz CT molecular complexity index is 722. The highest BCUT2D eigenvalue weighted by Crippen LogP contribution is 2.39. The molecule has 1 N–H and O–H groups in total. The van der Waals surface area contributed by atoms with Crippen molar-refractivity contribution in [3.8, 4) is 17.2 Å². The molecule has 26 heavy (non-hydrogen) atoms. The normalized spacial score (nSPS) is 12.1. The summed E-state index contributed by atoms with van der Waals surface area (Å²) in [5, 5.41) is 4.27. The van der Waals surface area contributed by atoms with Gasteiger partial charge >= 0.3 is 0 Å². The average Bonchev–Trinajstić information content (AvgIpc) is 2.65. The number of methoxy groups -OCH3 is 3. The van der Waals surface area contributed by atoms with Gasteiger partial charge in [-0.15, -0.1) is 0 Å². The van der Waals surface area contributed by atoms with Gasteiger partial charge in [-0.25, -0.2) is 0 Å². The highest BCUT2D eigenvalue weighted by Gasteiger charge is 2.18. The fourth-order valence-electron chi connectivity index (χ4n) is 2.96. The van der Waals surface area contributed by atoms with Crippen molar-refractivity contribution in [2.24, 2.45) is 0 Å². The summed E-state index contributed by atoms with van der Waals surface area (Å²) in [5.74, 6) is 1.93. The van der Waals surface area contributed by atoms with E-state index >= 15 is 0 Å². The zero-order valence-corrected chi connectivity index (χ0v) is 16.8. The van der Waals surface area contributed by atoms with E-state index in [0.717, 1.165) is 22.7 Å². The molecule has 0 aliphatic rings. The molecule has 0 saturated heterocycles. The second-order valence-electron chi connectivity index (χ2n) is 6.13. The van der Waals surface area contributed by atoms with E-state index in [-0.39, 0.29) is 6.04 Å². The van der Waals surface area contributed by atoms with Crippen LogP contribution in [0, 0.1) is 0 Å². The lowest BCUT2D eigenvalue weighted by atomic mass is 10.1. The zero-order chi connectivity index (χ0) is 19.1. The standard InChI is InChI=1S/C20H27ClN2O3/c1-23(2)17(15-8-6-7-9-16(15)21)13-22-12-14-10-11-18(24-3)20(26-5)19(14)25-4/h6-11,17,22H,12-13H2,1-5H3. The van der Waals surface area contributed by atoms with Crippen molar-refractivity contribution < 1.29 is 14.2 Å². The first-order chi connectivity index (χ1) is 12.5. The SMILES string of the molecule is COc1ccc(CNCC(c2ccccc2Cl)N(C)C)c(OC)c1OC. The van der Waals surface area contributed by atoms with E-state index in [1.165, 1.54) is 0 Å². The quantitative estimate of drug-likeness (QED) is 0.719. The van der Waals surface area contributed by atoms with Gasteiger partial charge in [-0.05, 0) is 31.8 Å². The first kappa shape index (κ1) is 20.4. The van der Waals surface area contributed by atoms with Crippen LogP contribution in [0.1, 0.15) is 17.2 Å². The number of hydrogen-bond acceptors (Lipinski definition) is 5. The molecule has 2 rings (SSSR count). The molecule has 0 heterocycles. The minimum atomic E-state index is 0.162. The maximum Gasteiger partial charge on any atom is 0.203 e. The van der Waals surface area contributed by atoms with Crippen molar-refractivity contribution in [3.63, 3.8) is 0 Å². The van der Waals surface area contributed by atoms with Crippen LogP contribution in [-0.4, -0.2) is 46.9 Å². The molecular weight excluding hydrogens is 352 g/mol. The highest BCUT2D eigenvalue weighted by molar-refractivity contribution is 6.31. The third-order valence-electron chi connectivity index (χ3n) is 4.33. The second-order valence-corrected chi connectivity index (χ2v) is 6.53. The van der Waals surface area contributed by atoms with Crippen LogP contribution in [0.3, 0.4) is 0 Å². The maximum absolute atomic E-state index is 6.37. The van der Waals surface area contributed by atoms with Crippen molar-refractivity contribution in [2.75, 3.05) is 42.0 Å². The molecule has 0 radical (unpaired) electrons. The fourth-order valence-corrected chi connectivity index (χ4v) is 3.22. The molecule has 0 bridgehead atoms. The molecule has 5 nitrogen and oxygen atoms in total. The van der Waals surface area contributed by atoms with Gasteiger partial charge in [0.15, 0.2) is 11.5 Å². The van der Waals surface area contributed by atoms with E-state index in [1.807, 2.05) is 44.4 Å². The van der Waals surface area contributed by atoms with Gasteiger partial charge in [0.25, 0.3) is 0 Å².